The zero-order chi connectivity index (χ0) is 67.3. The zero-order valence-electron chi connectivity index (χ0n) is 52.9. The van der Waals surface area contributed by atoms with E-state index in [1.807, 2.05) is 54.6 Å². The maximum absolute atomic E-state index is 14.9. The molecule has 4 N–H and O–H groups in total. The fourth-order valence-electron chi connectivity index (χ4n) is 11.4. The number of halogens is 2. The van der Waals surface area contributed by atoms with Crippen LogP contribution in [0.2, 0.25) is 0 Å². The van der Waals surface area contributed by atoms with E-state index in [0.29, 0.717) is 109 Å². The summed E-state index contributed by atoms with van der Waals surface area (Å²) in [6.45, 7) is 5.65. The molecule has 6 heterocycles. The monoisotopic (exact) mass is 1300 g/mol. The third-order valence-corrected chi connectivity index (χ3v) is 17.1. The zero-order valence-corrected chi connectivity index (χ0v) is 52.9. The number of hydrogen-bond acceptors (Lipinski definition) is 19. The Morgan fingerprint density at radius 3 is 1.77 bits per heavy atom. The van der Waals surface area contributed by atoms with Crippen LogP contribution in [-0.2, 0) is 44.7 Å². The molecule has 3 aliphatic heterocycles. The number of ketones is 1. The third kappa shape index (κ3) is 17.4. The SMILES string of the molecule is CC(=O)OC1(C(=O)Nc2cccc(-c3ccc(OC4CCOCC4)c(C#N)c3)c2)CC1.CC(=O)[C@@H]1C[C@H]1C(=O)Nc1cc(-c2ccc(OC3CCOCC3)c(C#N)c2)ccn1.N#Cc1cc(-c2cc(NC(=O)C3CC3)ccn2)ccc1O[C@H]1CCN(Cc2ncn[nH]2)CC1(F)F. The summed E-state index contributed by atoms with van der Waals surface area (Å²) in [5, 5.41) is 43.8. The minimum atomic E-state index is -3.11. The fourth-order valence-corrected chi connectivity index (χ4v) is 11.4. The lowest BCUT2D eigenvalue weighted by Crippen LogP contribution is -2.53. The van der Waals surface area contributed by atoms with E-state index in [-0.39, 0.29) is 77.7 Å². The van der Waals surface area contributed by atoms with E-state index >= 15 is 0 Å². The molecule has 6 aliphatic rings. The van der Waals surface area contributed by atoms with Crippen molar-refractivity contribution in [2.45, 2.75) is 114 Å². The highest BCUT2D eigenvalue weighted by Crippen LogP contribution is 2.43. The number of hydrogen-bond donors (Lipinski definition) is 4. The highest BCUT2D eigenvalue weighted by molar-refractivity contribution is 6.01. The maximum atomic E-state index is 14.9. The summed E-state index contributed by atoms with van der Waals surface area (Å²) in [6.07, 6.45) is 10.1. The van der Waals surface area contributed by atoms with E-state index in [0.717, 1.165) is 60.8 Å². The van der Waals surface area contributed by atoms with Crippen LogP contribution >= 0.6 is 0 Å². The number of benzene rings is 4. The maximum Gasteiger partial charge on any atom is 0.303 e. The lowest BCUT2D eigenvalue weighted by atomic mass is 10.0. The van der Waals surface area contributed by atoms with Gasteiger partial charge < -0.3 is 44.4 Å². The molecule has 23 nitrogen and oxygen atoms in total. The Bertz CT molecular complexity index is 4130. The summed E-state index contributed by atoms with van der Waals surface area (Å²) >= 11 is 0. The highest BCUT2D eigenvalue weighted by Gasteiger charge is 2.54. The van der Waals surface area contributed by atoms with Gasteiger partial charge in [-0.15, -0.1) is 0 Å². The Morgan fingerprint density at radius 1 is 0.625 bits per heavy atom. The average molecular weight is 1310 g/mol. The van der Waals surface area contributed by atoms with Crippen LogP contribution in [0.1, 0.15) is 101 Å². The normalized spacial score (nSPS) is 19.2. The standard InChI is InChI=1S/C24H23F2N7O2.C24H24N2O5.C23H23N3O4/c25-24(26)13-33(12-22-29-14-30-32-22)8-6-21(24)35-20-4-3-16(9-17(20)11-27)19-10-18(5-7-28-19)31-23(34)15-1-2-15;1-16(27)31-24(9-10-24)23(28)26-20-4-2-3-17(14-20)18-5-6-22(19(13-18)15-25)30-21-7-11-29-12-8-21;1-14(27)19-12-20(19)23(28)26-22-11-16(4-7-25-22)15-2-3-21(17(10-15)13-24)30-18-5-8-29-9-6-18/h3-5,7,9-10,14-15,21H,1-2,6,8,12-13H2,(H,28,31,34)(H,29,30,32);2-6,13-14,21H,7-12H2,1H3,(H,26,28);2-4,7,10-11,18-20H,5-6,8-9,12H2,1H3,(H,25,26,28)/t21-;;19-,20+/m0.0/s1. The van der Waals surface area contributed by atoms with E-state index in [1.54, 1.807) is 65.8 Å². The van der Waals surface area contributed by atoms with E-state index in [9.17, 15) is 48.5 Å². The van der Waals surface area contributed by atoms with E-state index in [1.165, 1.54) is 26.2 Å². The molecule has 3 saturated heterocycles. The van der Waals surface area contributed by atoms with Crippen LogP contribution in [0.25, 0.3) is 33.5 Å². The number of aromatic amines is 1. The van der Waals surface area contributed by atoms with Gasteiger partial charge in [0.25, 0.3) is 11.8 Å². The number of H-pyrrole nitrogens is 1. The van der Waals surface area contributed by atoms with Crippen molar-refractivity contribution in [2.24, 2.45) is 17.8 Å². The first-order chi connectivity index (χ1) is 46.4. The Kier molecular flexibility index (Phi) is 21.1. The molecular weight excluding hydrogens is 1230 g/mol. The quantitative estimate of drug-likeness (QED) is 0.0547. The van der Waals surface area contributed by atoms with Crippen molar-refractivity contribution < 1.29 is 61.2 Å². The molecular formula is C71H70F2N12O11. The molecule has 0 radical (unpaired) electrons. The molecule has 25 heteroatoms. The minimum absolute atomic E-state index is 0.0172. The number of rotatable bonds is 19. The second-order valence-corrected chi connectivity index (χ2v) is 24.4. The predicted octanol–water partition coefficient (Wildman–Crippen LogP) is 10.5. The molecule has 6 fully saturated rings. The lowest BCUT2D eigenvalue weighted by molar-refractivity contribution is -0.154. The number of anilines is 3. The van der Waals surface area contributed by atoms with Gasteiger partial charge in [-0.25, -0.2) is 18.7 Å². The molecule has 0 unspecified atom stereocenters. The van der Waals surface area contributed by atoms with Crippen LogP contribution in [0.3, 0.4) is 0 Å². The molecule has 3 saturated carbocycles. The van der Waals surface area contributed by atoms with Gasteiger partial charge in [-0.05, 0) is 127 Å². The van der Waals surface area contributed by atoms with Crippen LogP contribution in [0, 0.1) is 51.7 Å². The smallest absolute Gasteiger partial charge is 0.303 e. The number of ether oxygens (including phenoxy) is 6. The summed E-state index contributed by atoms with van der Waals surface area (Å²) < 4.78 is 63.4. The first-order valence-corrected chi connectivity index (χ1v) is 31.8. The van der Waals surface area contributed by atoms with E-state index in [2.05, 4.69) is 53.2 Å². The van der Waals surface area contributed by atoms with Gasteiger partial charge in [-0.1, -0.05) is 24.3 Å². The van der Waals surface area contributed by atoms with Crippen molar-refractivity contribution in [3.63, 3.8) is 0 Å². The summed E-state index contributed by atoms with van der Waals surface area (Å²) in [6, 6.07) is 36.5. The Morgan fingerprint density at radius 2 is 1.21 bits per heavy atom. The number of aromatic nitrogens is 5. The van der Waals surface area contributed by atoms with Crippen molar-refractivity contribution in [1.82, 2.24) is 30.0 Å². The molecule has 96 heavy (non-hydrogen) atoms. The highest BCUT2D eigenvalue weighted by atomic mass is 19.3. The first kappa shape index (κ1) is 66.9. The number of carbonyl (C=O) groups is 5. The van der Waals surface area contributed by atoms with Crippen LogP contribution < -0.4 is 30.2 Å². The van der Waals surface area contributed by atoms with E-state index < -0.39 is 30.1 Å². The van der Waals surface area contributed by atoms with Crippen LogP contribution in [0.5, 0.6) is 17.2 Å². The van der Waals surface area contributed by atoms with Gasteiger partial charge in [0, 0.05) is 105 Å². The molecule has 3 amide bonds. The number of nitrogens with zero attached hydrogens (tertiary/aromatic N) is 8. The number of nitrogens with one attached hydrogen (secondary N) is 4. The number of amides is 3. The topological polar surface area (TPSA) is 319 Å². The molecule has 13 rings (SSSR count). The van der Waals surface area contributed by atoms with Crippen molar-refractivity contribution in [3.8, 4) is 69.0 Å². The lowest BCUT2D eigenvalue weighted by Gasteiger charge is -2.37. The van der Waals surface area contributed by atoms with E-state index in [4.69, 9.17) is 28.4 Å². The van der Waals surface area contributed by atoms with Crippen LogP contribution in [0.15, 0.2) is 122 Å². The molecule has 494 valence electrons. The molecule has 0 bridgehead atoms. The number of carbonyl (C=O) groups excluding carboxylic acids is 5. The van der Waals surface area contributed by atoms with Gasteiger partial charge in [-0.3, -0.25) is 39.0 Å². The van der Waals surface area contributed by atoms with Crippen molar-refractivity contribution in [1.29, 1.82) is 15.8 Å². The number of nitriles is 3. The third-order valence-electron chi connectivity index (χ3n) is 17.1. The second-order valence-electron chi connectivity index (χ2n) is 24.4. The number of likely N-dealkylation sites (tertiary alicyclic amines) is 1. The molecule has 3 atom stereocenters. The molecule has 0 spiro atoms. The van der Waals surface area contributed by atoms with Gasteiger partial charge in [0.2, 0.25) is 11.8 Å². The number of pyridine rings is 2. The first-order valence-electron chi connectivity index (χ1n) is 31.8. The van der Waals surface area contributed by atoms with Gasteiger partial charge in [0.1, 0.15) is 71.4 Å². The Labute approximate surface area is 552 Å². The summed E-state index contributed by atoms with van der Waals surface area (Å²) in [4.78, 5) is 73.7. The molecule has 3 aliphatic carbocycles. The summed E-state index contributed by atoms with van der Waals surface area (Å²) in [5.41, 5.74) is 5.74. The number of piperidine rings is 1. The Hall–Kier alpha value is -10.5. The van der Waals surface area contributed by atoms with Gasteiger partial charge in [0.15, 0.2) is 11.7 Å². The van der Waals surface area contributed by atoms with Crippen LogP contribution in [-0.4, -0.2) is 129 Å². The number of Topliss-reactive ketones (excluding diaryl/α,β-unsaturated/α-hetero) is 1. The molecule has 7 aromatic rings. The summed E-state index contributed by atoms with van der Waals surface area (Å²) in [5.74, 6) is -2.24. The van der Waals surface area contributed by atoms with Crippen LogP contribution in [0.4, 0.5) is 26.0 Å². The minimum Gasteiger partial charge on any atom is -0.489 e. The fraction of sp³-hybridized carbons (Fsp3) is 0.380. The molecule has 3 aromatic heterocycles. The second kappa shape index (κ2) is 30.3. The van der Waals surface area contributed by atoms with Gasteiger partial charge in [0.05, 0.1) is 61.9 Å². The average Bonchev–Trinajstić information content (AvgIpc) is 1.54. The van der Waals surface area contributed by atoms with Crippen molar-refractivity contribution in [2.75, 3.05) is 55.5 Å². The number of alkyl halides is 2. The summed E-state index contributed by atoms with van der Waals surface area (Å²) in [7, 11) is 0. The van der Waals surface area contributed by atoms with Gasteiger partial charge >= 0.3 is 5.97 Å². The molecule has 4 aromatic carbocycles. The van der Waals surface area contributed by atoms with Crippen molar-refractivity contribution >= 4 is 46.7 Å². The predicted molar refractivity (Wildman–Crippen MR) is 345 cm³/mol. The van der Waals surface area contributed by atoms with Crippen molar-refractivity contribution in [3.05, 3.63) is 144 Å². The number of esters is 1. The Balaban J connectivity index is 0.000000147. The van der Waals surface area contributed by atoms with Gasteiger partial charge in [-0.2, -0.15) is 20.9 Å². The largest absolute Gasteiger partial charge is 0.489 e.